The number of nitrogens with one attached hydrogen (secondary N) is 1. The smallest absolute Gasteiger partial charge is 0.150 e. The normalized spacial score (nSPS) is 10.4. The highest BCUT2D eigenvalue weighted by atomic mass is 79.9. The van der Waals surface area contributed by atoms with Crippen molar-refractivity contribution in [3.63, 3.8) is 0 Å². The lowest BCUT2D eigenvalue weighted by Gasteiger charge is -2.13. The van der Waals surface area contributed by atoms with Gasteiger partial charge in [0, 0.05) is 15.7 Å². The lowest BCUT2D eigenvalue weighted by Crippen LogP contribution is -2.13. The minimum absolute atomic E-state index is 0.0788. The van der Waals surface area contributed by atoms with E-state index in [-0.39, 0.29) is 26.4 Å². The summed E-state index contributed by atoms with van der Waals surface area (Å²) in [6.45, 7) is 0. The maximum absolute atomic E-state index is 13.7. The van der Waals surface area contributed by atoms with Gasteiger partial charge in [0.2, 0.25) is 0 Å². The van der Waals surface area contributed by atoms with Gasteiger partial charge in [0.25, 0.3) is 0 Å². The van der Waals surface area contributed by atoms with Crippen LogP contribution in [-0.2, 0) is 0 Å². The highest BCUT2D eigenvalue weighted by molar-refractivity contribution is 9.10. The van der Waals surface area contributed by atoms with Crippen LogP contribution in [0.25, 0.3) is 0 Å². The molecule has 104 valence electrons. The van der Waals surface area contributed by atoms with Gasteiger partial charge in [-0.25, -0.2) is 13.2 Å². The molecule has 20 heavy (non-hydrogen) atoms. The van der Waals surface area contributed by atoms with Crippen LogP contribution in [-0.4, -0.2) is 4.99 Å². The highest BCUT2D eigenvalue weighted by Gasteiger charge is 2.14. The first kappa shape index (κ1) is 14.8. The van der Waals surface area contributed by atoms with Crippen LogP contribution >= 0.6 is 28.1 Å². The molecule has 7 heteroatoms. The second-order valence-electron chi connectivity index (χ2n) is 3.92. The second-order valence-corrected chi connectivity index (χ2v) is 5.28. The number of hydrogen-bond donors (Lipinski definition) is 2. The summed E-state index contributed by atoms with van der Waals surface area (Å²) in [4.78, 5) is -0.0788. The van der Waals surface area contributed by atoms with E-state index < -0.39 is 17.5 Å². The van der Waals surface area contributed by atoms with Crippen LogP contribution < -0.4 is 11.1 Å². The van der Waals surface area contributed by atoms with Gasteiger partial charge in [-0.15, -0.1) is 0 Å². The molecule has 2 aromatic carbocycles. The molecule has 0 heterocycles. The van der Waals surface area contributed by atoms with Gasteiger partial charge < -0.3 is 11.1 Å². The molecule has 0 bridgehead atoms. The molecule has 0 aromatic heterocycles. The largest absolute Gasteiger partial charge is 0.389 e. The maximum atomic E-state index is 13.7. The fourth-order valence-electron chi connectivity index (χ4n) is 1.63. The minimum Gasteiger partial charge on any atom is -0.389 e. The summed E-state index contributed by atoms with van der Waals surface area (Å²) in [5.41, 5.74) is 5.49. The molecule has 3 N–H and O–H groups in total. The van der Waals surface area contributed by atoms with Crippen LogP contribution in [0.3, 0.4) is 0 Å². The Bertz CT molecular complexity index is 668. The van der Waals surface area contributed by atoms with Crippen molar-refractivity contribution < 1.29 is 13.2 Å². The molecule has 0 radical (unpaired) electrons. The van der Waals surface area contributed by atoms with E-state index in [1.165, 1.54) is 6.07 Å². The summed E-state index contributed by atoms with van der Waals surface area (Å²) in [7, 11) is 0. The van der Waals surface area contributed by atoms with Crippen molar-refractivity contribution in [2.75, 3.05) is 5.32 Å². The van der Waals surface area contributed by atoms with Crippen LogP contribution in [0.5, 0.6) is 0 Å². The van der Waals surface area contributed by atoms with E-state index in [4.69, 9.17) is 18.0 Å². The average molecular weight is 361 g/mol. The summed E-state index contributed by atoms with van der Waals surface area (Å²) >= 11 is 7.77. The van der Waals surface area contributed by atoms with Gasteiger partial charge in [-0.2, -0.15) is 0 Å². The molecule has 0 aliphatic carbocycles. The molecule has 0 aliphatic heterocycles. The molecule has 2 rings (SSSR count). The molecular formula is C13H8BrF3N2S. The summed E-state index contributed by atoms with van der Waals surface area (Å²) in [5.74, 6) is -2.14. The predicted octanol–water partition coefficient (Wildman–Crippen LogP) is 4.24. The molecule has 0 saturated heterocycles. The molecule has 0 fully saturated rings. The summed E-state index contributed by atoms with van der Waals surface area (Å²) in [6, 6.07) is 5.76. The average Bonchev–Trinajstić information content (AvgIpc) is 2.34. The molecule has 0 atom stereocenters. The molecule has 0 saturated carbocycles. The quantitative estimate of drug-likeness (QED) is 0.803. The van der Waals surface area contributed by atoms with Crippen molar-refractivity contribution in [2.24, 2.45) is 5.73 Å². The molecule has 2 nitrogen and oxygen atoms in total. The standard InChI is InChI=1S/C13H8BrF3N2S/c14-6-3-9(16)12(10(17)4-6)19-11-2-1-7(15)5-8(11)13(18)20/h1-5,19H,(H2,18,20). The third-order valence-electron chi connectivity index (χ3n) is 2.51. The maximum Gasteiger partial charge on any atom is 0.150 e. The Morgan fingerprint density at radius 3 is 2.25 bits per heavy atom. The minimum atomic E-state index is -0.796. The van der Waals surface area contributed by atoms with Gasteiger partial charge in [0.1, 0.15) is 16.5 Å². The zero-order valence-electron chi connectivity index (χ0n) is 9.88. The number of thiocarbonyl (C=S) groups is 1. The first-order valence-corrected chi connectivity index (χ1v) is 6.59. The third kappa shape index (κ3) is 3.10. The molecular weight excluding hydrogens is 353 g/mol. The predicted molar refractivity (Wildman–Crippen MR) is 79.6 cm³/mol. The fourth-order valence-corrected chi connectivity index (χ4v) is 2.20. The molecule has 0 aliphatic rings. The van der Waals surface area contributed by atoms with Crippen LogP contribution in [0.2, 0.25) is 0 Å². The first-order valence-electron chi connectivity index (χ1n) is 5.39. The Labute approximate surface area is 126 Å². The Hall–Kier alpha value is -1.60. The SMILES string of the molecule is NC(=S)c1cc(F)ccc1Nc1c(F)cc(Br)cc1F. The summed E-state index contributed by atoms with van der Waals surface area (Å²) < 4.78 is 40.9. The molecule has 0 spiro atoms. The Morgan fingerprint density at radius 1 is 1.10 bits per heavy atom. The number of benzene rings is 2. The van der Waals surface area contributed by atoms with Crippen LogP contribution in [0.1, 0.15) is 5.56 Å². The van der Waals surface area contributed by atoms with Gasteiger partial charge in [0.15, 0.2) is 11.6 Å². The van der Waals surface area contributed by atoms with Crippen molar-refractivity contribution in [1.29, 1.82) is 0 Å². The van der Waals surface area contributed by atoms with E-state index >= 15 is 0 Å². The Kier molecular flexibility index (Phi) is 4.29. The Morgan fingerprint density at radius 2 is 1.70 bits per heavy atom. The first-order chi connectivity index (χ1) is 9.38. The number of halogens is 4. The van der Waals surface area contributed by atoms with Gasteiger partial charge in [-0.05, 0) is 30.3 Å². The van der Waals surface area contributed by atoms with Crippen molar-refractivity contribution in [3.05, 3.63) is 57.8 Å². The van der Waals surface area contributed by atoms with E-state index in [9.17, 15) is 13.2 Å². The summed E-state index contributed by atoms with van der Waals surface area (Å²) in [5, 5.41) is 2.54. The molecule has 2 aromatic rings. The lowest BCUT2D eigenvalue weighted by atomic mass is 10.1. The van der Waals surface area contributed by atoms with E-state index in [2.05, 4.69) is 21.2 Å². The lowest BCUT2D eigenvalue weighted by molar-refractivity contribution is 0.589. The number of rotatable bonds is 3. The van der Waals surface area contributed by atoms with Crippen LogP contribution in [0.15, 0.2) is 34.8 Å². The zero-order chi connectivity index (χ0) is 14.9. The summed E-state index contributed by atoms with van der Waals surface area (Å²) in [6.07, 6.45) is 0. The van der Waals surface area contributed by atoms with Crippen LogP contribution in [0.4, 0.5) is 24.5 Å². The van der Waals surface area contributed by atoms with Gasteiger partial charge >= 0.3 is 0 Å². The molecule has 0 amide bonds. The third-order valence-corrected chi connectivity index (χ3v) is 3.19. The molecule has 0 unspecified atom stereocenters. The second kappa shape index (κ2) is 5.80. The van der Waals surface area contributed by atoms with Crippen molar-refractivity contribution >= 4 is 44.5 Å². The van der Waals surface area contributed by atoms with Gasteiger partial charge in [-0.3, -0.25) is 0 Å². The van der Waals surface area contributed by atoms with E-state index in [1.807, 2.05) is 0 Å². The number of anilines is 2. The number of hydrogen-bond acceptors (Lipinski definition) is 2. The highest BCUT2D eigenvalue weighted by Crippen LogP contribution is 2.28. The Balaban J connectivity index is 2.48. The van der Waals surface area contributed by atoms with E-state index in [0.29, 0.717) is 0 Å². The van der Waals surface area contributed by atoms with Crippen molar-refractivity contribution in [1.82, 2.24) is 0 Å². The monoisotopic (exact) mass is 360 g/mol. The number of nitrogens with two attached hydrogens (primary N) is 1. The van der Waals surface area contributed by atoms with Crippen molar-refractivity contribution in [2.45, 2.75) is 0 Å². The fraction of sp³-hybridized carbons (Fsp3) is 0. The zero-order valence-corrected chi connectivity index (χ0v) is 12.3. The van der Waals surface area contributed by atoms with Gasteiger partial charge in [-0.1, -0.05) is 28.1 Å². The van der Waals surface area contributed by atoms with Gasteiger partial charge in [0.05, 0.1) is 0 Å². The van der Waals surface area contributed by atoms with E-state index in [0.717, 1.165) is 24.3 Å². The van der Waals surface area contributed by atoms with Crippen molar-refractivity contribution in [3.8, 4) is 0 Å². The topological polar surface area (TPSA) is 38.0 Å². The van der Waals surface area contributed by atoms with E-state index in [1.54, 1.807) is 0 Å². The van der Waals surface area contributed by atoms with Crippen LogP contribution in [0, 0.1) is 17.5 Å².